The van der Waals surface area contributed by atoms with Gasteiger partial charge < -0.3 is 9.73 Å². The molecule has 0 bridgehead atoms. The lowest BCUT2D eigenvalue weighted by atomic mass is 9.89. The number of amides is 1. The lowest BCUT2D eigenvalue weighted by Gasteiger charge is -2.22. The van der Waals surface area contributed by atoms with Gasteiger partial charge in [-0.15, -0.1) is 10.2 Å². The van der Waals surface area contributed by atoms with Crippen LogP contribution in [0.25, 0.3) is 11.5 Å². The summed E-state index contributed by atoms with van der Waals surface area (Å²) < 4.78 is 5.62. The Bertz CT molecular complexity index is 656. The summed E-state index contributed by atoms with van der Waals surface area (Å²) in [5.41, 5.74) is 0.818. The maximum atomic E-state index is 12.2. The van der Waals surface area contributed by atoms with Crippen molar-refractivity contribution in [1.29, 1.82) is 0 Å². The first-order valence-corrected chi connectivity index (χ1v) is 9.28. The molecule has 2 heterocycles. The number of carbonyl (C=O) groups excluding carboxylic acids is 1. The van der Waals surface area contributed by atoms with E-state index in [9.17, 15) is 4.79 Å². The van der Waals surface area contributed by atoms with Crippen molar-refractivity contribution in [3.8, 4) is 11.5 Å². The maximum Gasteiger partial charge on any atom is 0.277 e. The van der Waals surface area contributed by atoms with Gasteiger partial charge >= 0.3 is 0 Å². The molecule has 0 aliphatic heterocycles. The van der Waals surface area contributed by atoms with Crippen LogP contribution in [0, 0.1) is 5.92 Å². The van der Waals surface area contributed by atoms with E-state index in [0.717, 1.165) is 12.1 Å². The van der Waals surface area contributed by atoms with E-state index >= 15 is 0 Å². The van der Waals surface area contributed by atoms with Crippen molar-refractivity contribution in [3.05, 3.63) is 24.5 Å². The summed E-state index contributed by atoms with van der Waals surface area (Å²) in [6, 6.07) is 3.62. The highest BCUT2D eigenvalue weighted by Crippen LogP contribution is 2.26. The minimum absolute atomic E-state index is 0.0224. The summed E-state index contributed by atoms with van der Waals surface area (Å²) in [5.74, 6) is 1.09. The highest BCUT2D eigenvalue weighted by atomic mass is 32.2. The van der Waals surface area contributed by atoms with Gasteiger partial charge in [-0.2, -0.15) is 0 Å². The number of rotatable bonds is 6. The Morgan fingerprint density at radius 2 is 2.04 bits per heavy atom. The molecule has 1 unspecified atom stereocenters. The predicted octanol–water partition coefficient (Wildman–Crippen LogP) is 3.31. The Morgan fingerprint density at radius 3 is 2.79 bits per heavy atom. The van der Waals surface area contributed by atoms with Crippen LogP contribution in [0.1, 0.15) is 39.0 Å². The number of pyridine rings is 1. The van der Waals surface area contributed by atoms with Crippen LogP contribution in [0.5, 0.6) is 0 Å². The second-order valence-corrected chi connectivity index (χ2v) is 7.41. The summed E-state index contributed by atoms with van der Waals surface area (Å²) in [4.78, 5) is 16.2. The fraction of sp³-hybridized carbons (Fsp3) is 0.529. The lowest BCUT2D eigenvalue weighted by molar-refractivity contribution is -0.120. The molecule has 1 N–H and O–H groups in total. The summed E-state index contributed by atoms with van der Waals surface area (Å²) in [5, 5.41) is 11.2. The topological polar surface area (TPSA) is 80.9 Å². The van der Waals surface area contributed by atoms with Crippen LogP contribution >= 0.6 is 11.8 Å². The average Bonchev–Trinajstić information content (AvgIpc) is 3.10. The number of thioether (sulfide) groups is 1. The van der Waals surface area contributed by atoms with Crippen molar-refractivity contribution in [2.75, 3.05) is 6.54 Å². The van der Waals surface area contributed by atoms with E-state index in [1.54, 1.807) is 12.4 Å². The summed E-state index contributed by atoms with van der Waals surface area (Å²) >= 11 is 1.29. The van der Waals surface area contributed by atoms with Gasteiger partial charge in [0.05, 0.1) is 5.25 Å². The summed E-state index contributed by atoms with van der Waals surface area (Å²) in [6.45, 7) is 2.63. The predicted molar refractivity (Wildman–Crippen MR) is 92.4 cm³/mol. The molecule has 3 rings (SSSR count). The number of nitrogens with one attached hydrogen (secondary N) is 1. The molecule has 6 nitrogen and oxygen atoms in total. The molecule has 128 valence electrons. The highest BCUT2D eigenvalue weighted by Gasteiger charge is 2.20. The third kappa shape index (κ3) is 4.56. The molecule has 0 aromatic carbocycles. The monoisotopic (exact) mass is 346 g/mol. The molecule has 0 saturated heterocycles. The van der Waals surface area contributed by atoms with Gasteiger partial charge in [0.1, 0.15) is 0 Å². The minimum Gasteiger partial charge on any atom is -0.411 e. The molecule has 1 fully saturated rings. The Kier molecular flexibility index (Phi) is 5.85. The molecular formula is C17H22N4O2S. The summed E-state index contributed by atoms with van der Waals surface area (Å²) in [7, 11) is 0. The van der Waals surface area contributed by atoms with Crippen molar-refractivity contribution in [2.45, 2.75) is 49.5 Å². The van der Waals surface area contributed by atoms with Gasteiger partial charge in [0.15, 0.2) is 0 Å². The Labute approximate surface area is 145 Å². The highest BCUT2D eigenvalue weighted by molar-refractivity contribution is 8.00. The SMILES string of the molecule is CC(Sc1nnc(-c2ccncc2)o1)C(=O)NCC1CCCCC1. The number of carbonyl (C=O) groups is 1. The fourth-order valence-electron chi connectivity index (χ4n) is 2.85. The van der Waals surface area contributed by atoms with Crippen molar-refractivity contribution < 1.29 is 9.21 Å². The zero-order valence-electron chi connectivity index (χ0n) is 13.8. The first-order valence-electron chi connectivity index (χ1n) is 8.40. The zero-order chi connectivity index (χ0) is 16.8. The minimum atomic E-state index is -0.265. The third-order valence-corrected chi connectivity index (χ3v) is 5.20. The van der Waals surface area contributed by atoms with Gasteiger partial charge in [0.25, 0.3) is 5.22 Å². The van der Waals surface area contributed by atoms with Gasteiger partial charge in [-0.3, -0.25) is 9.78 Å². The van der Waals surface area contributed by atoms with E-state index in [1.165, 1.54) is 43.9 Å². The van der Waals surface area contributed by atoms with Crippen LogP contribution in [0.4, 0.5) is 0 Å². The number of hydrogen-bond donors (Lipinski definition) is 1. The largest absolute Gasteiger partial charge is 0.411 e. The normalized spacial score (nSPS) is 16.7. The lowest BCUT2D eigenvalue weighted by Crippen LogP contribution is -2.35. The van der Waals surface area contributed by atoms with E-state index in [1.807, 2.05) is 19.1 Å². The van der Waals surface area contributed by atoms with E-state index in [-0.39, 0.29) is 11.2 Å². The molecule has 1 aliphatic rings. The molecule has 1 aliphatic carbocycles. The molecule has 7 heteroatoms. The molecule has 24 heavy (non-hydrogen) atoms. The molecule has 0 radical (unpaired) electrons. The van der Waals surface area contributed by atoms with E-state index in [0.29, 0.717) is 17.0 Å². The molecule has 1 amide bonds. The Balaban J connectivity index is 1.50. The van der Waals surface area contributed by atoms with Crippen molar-refractivity contribution in [3.63, 3.8) is 0 Å². The quantitative estimate of drug-likeness (QED) is 0.808. The Hall–Kier alpha value is -1.89. The summed E-state index contributed by atoms with van der Waals surface area (Å²) in [6.07, 6.45) is 9.69. The molecule has 1 saturated carbocycles. The van der Waals surface area contributed by atoms with E-state index in [4.69, 9.17) is 4.42 Å². The Morgan fingerprint density at radius 1 is 1.29 bits per heavy atom. The fourth-order valence-corrected chi connectivity index (χ4v) is 3.56. The van der Waals surface area contributed by atoms with Gasteiger partial charge in [-0.1, -0.05) is 31.0 Å². The van der Waals surface area contributed by atoms with Crippen LogP contribution in [0.15, 0.2) is 34.2 Å². The van der Waals surface area contributed by atoms with Gasteiger partial charge in [0, 0.05) is 24.5 Å². The first-order chi connectivity index (χ1) is 11.7. The van der Waals surface area contributed by atoms with Crippen LogP contribution in [0.3, 0.4) is 0 Å². The molecule has 0 spiro atoms. The zero-order valence-corrected chi connectivity index (χ0v) is 14.6. The molecule has 2 aromatic rings. The van der Waals surface area contributed by atoms with E-state index in [2.05, 4.69) is 20.5 Å². The van der Waals surface area contributed by atoms with Crippen LogP contribution in [-0.2, 0) is 4.79 Å². The van der Waals surface area contributed by atoms with Gasteiger partial charge in [0.2, 0.25) is 11.8 Å². The van der Waals surface area contributed by atoms with Crippen LogP contribution in [0.2, 0.25) is 0 Å². The number of nitrogens with zero attached hydrogens (tertiary/aromatic N) is 3. The average molecular weight is 346 g/mol. The maximum absolute atomic E-state index is 12.2. The van der Waals surface area contributed by atoms with Gasteiger partial charge in [-0.05, 0) is 37.8 Å². The molecular weight excluding hydrogens is 324 g/mol. The second-order valence-electron chi connectivity index (χ2n) is 6.12. The van der Waals surface area contributed by atoms with Crippen molar-refractivity contribution >= 4 is 17.7 Å². The van der Waals surface area contributed by atoms with Crippen molar-refractivity contribution in [1.82, 2.24) is 20.5 Å². The molecule has 1 atom stereocenters. The first kappa shape index (κ1) is 17.0. The van der Waals surface area contributed by atoms with Crippen molar-refractivity contribution in [2.24, 2.45) is 5.92 Å². The number of hydrogen-bond acceptors (Lipinski definition) is 6. The van der Waals surface area contributed by atoms with Crippen LogP contribution < -0.4 is 5.32 Å². The third-order valence-electron chi connectivity index (χ3n) is 4.27. The standard InChI is InChI=1S/C17H22N4O2S/c1-12(15(22)19-11-13-5-3-2-4-6-13)24-17-21-20-16(23-17)14-7-9-18-10-8-14/h7-10,12-13H,2-6,11H2,1H3,(H,19,22). The molecule has 2 aromatic heterocycles. The van der Waals surface area contributed by atoms with E-state index < -0.39 is 0 Å². The van der Waals surface area contributed by atoms with Crippen LogP contribution in [-0.4, -0.2) is 32.9 Å². The van der Waals surface area contributed by atoms with Gasteiger partial charge in [-0.25, -0.2) is 0 Å². The number of aromatic nitrogens is 3. The smallest absolute Gasteiger partial charge is 0.277 e. The second kappa shape index (κ2) is 8.28.